The van der Waals surface area contributed by atoms with Crippen molar-refractivity contribution in [2.75, 3.05) is 20.1 Å². The lowest BCUT2D eigenvalue weighted by Gasteiger charge is -2.23. The van der Waals surface area contributed by atoms with Gasteiger partial charge >= 0.3 is 0 Å². The second kappa shape index (κ2) is 7.70. The van der Waals surface area contributed by atoms with Gasteiger partial charge in [0, 0.05) is 6.54 Å². The van der Waals surface area contributed by atoms with Crippen LogP contribution in [0.5, 0.6) is 0 Å². The smallest absolute Gasteiger partial charge is 0.234 e. The fraction of sp³-hybridized carbons (Fsp3) is 0.588. The van der Waals surface area contributed by atoms with E-state index in [1.54, 1.807) is 12.1 Å². The average molecular weight is 308 g/mol. The Morgan fingerprint density at radius 3 is 2.68 bits per heavy atom. The van der Waals surface area contributed by atoms with E-state index in [1.165, 1.54) is 12.1 Å². The van der Waals surface area contributed by atoms with Crippen molar-refractivity contribution in [3.8, 4) is 0 Å². The summed E-state index contributed by atoms with van der Waals surface area (Å²) in [6.07, 6.45) is 2.72. The number of amides is 1. The number of hydrogen-bond donors (Lipinski definition) is 2. The first kappa shape index (κ1) is 16.9. The van der Waals surface area contributed by atoms with Crippen molar-refractivity contribution in [3.05, 3.63) is 35.6 Å². The van der Waals surface area contributed by atoms with Crippen LogP contribution in [0.2, 0.25) is 0 Å². The van der Waals surface area contributed by atoms with Gasteiger partial charge in [-0.1, -0.05) is 18.6 Å². The summed E-state index contributed by atoms with van der Waals surface area (Å²) in [4.78, 5) is 14.0. The van der Waals surface area contributed by atoms with Crippen LogP contribution in [0.3, 0.4) is 0 Å². The molecule has 1 amide bonds. The van der Waals surface area contributed by atoms with Crippen LogP contribution in [0.4, 0.5) is 4.39 Å². The monoisotopic (exact) mass is 308 g/mol. The summed E-state index contributed by atoms with van der Waals surface area (Å²) in [6, 6.07) is 5.99. The number of halogens is 1. The first-order valence-electron chi connectivity index (χ1n) is 7.87. The molecular formula is C17H25FN2O2. The number of nitrogens with zero attached hydrogens (tertiary/aromatic N) is 1. The summed E-state index contributed by atoms with van der Waals surface area (Å²) in [5, 5.41) is 12.7. The van der Waals surface area contributed by atoms with Gasteiger partial charge in [-0.3, -0.25) is 9.69 Å². The number of aliphatic hydroxyl groups excluding tert-OH is 1. The summed E-state index contributed by atoms with van der Waals surface area (Å²) in [5.74, 6) is -0.0729. The summed E-state index contributed by atoms with van der Waals surface area (Å²) in [6.45, 7) is 2.92. The fourth-order valence-electron chi connectivity index (χ4n) is 3.06. The normalized spacial score (nSPS) is 22.8. The minimum absolute atomic E-state index is 0.0631. The van der Waals surface area contributed by atoms with Gasteiger partial charge in [-0.2, -0.15) is 0 Å². The van der Waals surface area contributed by atoms with Crippen LogP contribution in [0.1, 0.15) is 37.8 Å². The third kappa shape index (κ3) is 4.78. The van der Waals surface area contributed by atoms with Crippen molar-refractivity contribution in [2.24, 2.45) is 5.92 Å². The first-order valence-corrected chi connectivity index (χ1v) is 7.87. The minimum Gasteiger partial charge on any atom is -0.393 e. The van der Waals surface area contributed by atoms with Crippen LogP contribution < -0.4 is 5.32 Å². The van der Waals surface area contributed by atoms with Crippen molar-refractivity contribution in [1.29, 1.82) is 0 Å². The third-order valence-corrected chi connectivity index (χ3v) is 4.33. The van der Waals surface area contributed by atoms with Gasteiger partial charge in [-0.25, -0.2) is 4.39 Å². The molecule has 2 rings (SSSR count). The van der Waals surface area contributed by atoms with Crippen LogP contribution in [-0.4, -0.2) is 42.2 Å². The number of carbonyl (C=O) groups excluding carboxylic acids is 1. The molecule has 0 saturated heterocycles. The predicted octanol–water partition coefficient (Wildman–Crippen LogP) is 2.10. The molecule has 5 heteroatoms. The van der Waals surface area contributed by atoms with Crippen LogP contribution in [-0.2, 0) is 4.79 Å². The molecule has 0 radical (unpaired) electrons. The molecular weight excluding hydrogens is 283 g/mol. The van der Waals surface area contributed by atoms with Crippen molar-refractivity contribution < 1.29 is 14.3 Å². The lowest BCUT2D eigenvalue weighted by atomic mass is 10.1. The van der Waals surface area contributed by atoms with Gasteiger partial charge < -0.3 is 10.4 Å². The molecule has 2 N–H and O–H groups in total. The highest BCUT2D eigenvalue weighted by Gasteiger charge is 2.26. The molecule has 4 nitrogen and oxygen atoms in total. The highest BCUT2D eigenvalue weighted by atomic mass is 19.1. The molecule has 1 aliphatic rings. The van der Waals surface area contributed by atoms with E-state index in [0.29, 0.717) is 6.54 Å². The van der Waals surface area contributed by atoms with Crippen molar-refractivity contribution in [2.45, 2.75) is 38.3 Å². The highest BCUT2D eigenvalue weighted by Crippen LogP contribution is 2.25. The Morgan fingerprint density at radius 2 is 2.09 bits per heavy atom. The van der Waals surface area contributed by atoms with Gasteiger partial charge in [0.05, 0.1) is 18.7 Å². The Morgan fingerprint density at radius 1 is 1.41 bits per heavy atom. The van der Waals surface area contributed by atoms with E-state index in [2.05, 4.69) is 5.32 Å². The molecule has 0 spiro atoms. The van der Waals surface area contributed by atoms with Gasteiger partial charge in [0.15, 0.2) is 0 Å². The van der Waals surface area contributed by atoms with Gasteiger partial charge in [0.2, 0.25) is 5.91 Å². The van der Waals surface area contributed by atoms with Crippen molar-refractivity contribution in [1.82, 2.24) is 10.2 Å². The van der Waals surface area contributed by atoms with E-state index in [-0.39, 0.29) is 29.8 Å². The Hall–Kier alpha value is -1.46. The Labute approximate surface area is 131 Å². The molecule has 0 aromatic heterocycles. The van der Waals surface area contributed by atoms with Gasteiger partial charge in [-0.05, 0) is 50.4 Å². The number of aliphatic hydroxyl groups is 1. The van der Waals surface area contributed by atoms with Gasteiger partial charge in [-0.15, -0.1) is 0 Å². The zero-order valence-electron chi connectivity index (χ0n) is 13.3. The first-order chi connectivity index (χ1) is 10.5. The van der Waals surface area contributed by atoms with Crippen molar-refractivity contribution in [3.63, 3.8) is 0 Å². The molecule has 1 saturated carbocycles. The Kier molecular flexibility index (Phi) is 5.91. The van der Waals surface area contributed by atoms with E-state index in [4.69, 9.17) is 0 Å². The molecule has 3 atom stereocenters. The average Bonchev–Trinajstić information content (AvgIpc) is 2.84. The van der Waals surface area contributed by atoms with Crippen molar-refractivity contribution >= 4 is 5.91 Å². The number of nitrogens with one attached hydrogen (secondary N) is 1. The van der Waals surface area contributed by atoms with E-state index >= 15 is 0 Å². The molecule has 1 aliphatic carbocycles. The molecule has 0 bridgehead atoms. The second-order valence-corrected chi connectivity index (χ2v) is 6.30. The zero-order chi connectivity index (χ0) is 16.1. The summed E-state index contributed by atoms with van der Waals surface area (Å²) < 4.78 is 12.9. The van der Waals surface area contributed by atoms with E-state index in [1.807, 2.05) is 18.9 Å². The molecule has 0 heterocycles. The topological polar surface area (TPSA) is 52.6 Å². The number of carbonyl (C=O) groups is 1. The lowest BCUT2D eigenvalue weighted by molar-refractivity contribution is -0.122. The molecule has 3 unspecified atom stereocenters. The van der Waals surface area contributed by atoms with E-state index < -0.39 is 0 Å². The SMILES string of the molecule is CC(NC(=O)CN(C)CC1CCCC1O)c1ccc(F)cc1. The van der Waals surface area contributed by atoms with Crippen LogP contribution in [0.25, 0.3) is 0 Å². The van der Waals surface area contributed by atoms with Gasteiger partial charge in [0.25, 0.3) is 0 Å². The Balaban J connectivity index is 1.78. The highest BCUT2D eigenvalue weighted by molar-refractivity contribution is 5.78. The molecule has 1 fully saturated rings. The minimum atomic E-state index is -0.280. The van der Waals surface area contributed by atoms with Gasteiger partial charge in [0.1, 0.15) is 5.82 Å². The zero-order valence-corrected chi connectivity index (χ0v) is 13.3. The third-order valence-electron chi connectivity index (χ3n) is 4.33. The molecule has 1 aromatic rings. The fourth-order valence-corrected chi connectivity index (χ4v) is 3.06. The number of rotatable bonds is 6. The largest absolute Gasteiger partial charge is 0.393 e. The molecule has 22 heavy (non-hydrogen) atoms. The van der Waals surface area contributed by atoms with E-state index in [0.717, 1.165) is 31.4 Å². The number of benzene rings is 1. The number of likely N-dealkylation sites (N-methyl/N-ethyl adjacent to an activating group) is 1. The predicted molar refractivity (Wildman–Crippen MR) is 83.8 cm³/mol. The van der Waals surface area contributed by atoms with E-state index in [9.17, 15) is 14.3 Å². The van der Waals surface area contributed by atoms with Crippen LogP contribution in [0, 0.1) is 11.7 Å². The quantitative estimate of drug-likeness (QED) is 0.846. The molecule has 0 aliphatic heterocycles. The number of hydrogen-bond acceptors (Lipinski definition) is 3. The van der Waals surface area contributed by atoms with Crippen LogP contribution >= 0.6 is 0 Å². The molecule has 122 valence electrons. The maximum absolute atomic E-state index is 12.9. The summed E-state index contributed by atoms with van der Waals surface area (Å²) in [5.41, 5.74) is 0.878. The Bertz CT molecular complexity index is 492. The summed E-state index contributed by atoms with van der Waals surface area (Å²) >= 11 is 0. The summed E-state index contributed by atoms with van der Waals surface area (Å²) in [7, 11) is 1.90. The second-order valence-electron chi connectivity index (χ2n) is 6.30. The van der Waals surface area contributed by atoms with Crippen LogP contribution in [0.15, 0.2) is 24.3 Å². The maximum Gasteiger partial charge on any atom is 0.234 e. The maximum atomic E-state index is 12.9. The lowest BCUT2D eigenvalue weighted by Crippen LogP contribution is -2.39. The standard InChI is InChI=1S/C17H25FN2O2/c1-12(13-6-8-15(18)9-7-13)19-17(22)11-20(2)10-14-4-3-5-16(14)21/h6-9,12,14,16,21H,3-5,10-11H2,1-2H3,(H,19,22). The molecule has 1 aromatic carbocycles.